The van der Waals surface area contributed by atoms with Gasteiger partial charge in [0.15, 0.2) is 0 Å². The van der Waals surface area contributed by atoms with Crippen molar-refractivity contribution in [3.8, 4) is 0 Å². The molecule has 1 amide bonds. The lowest BCUT2D eigenvalue weighted by molar-refractivity contribution is 0.0467. The fourth-order valence-corrected chi connectivity index (χ4v) is 2.64. The molecule has 0 aromatic heterocycles. The summed E-state index contributed by atoms with van der Waals surface area (Å²) in [6.07, 6.45) is 3.37. The third kappa shape index (κ3) is 4.60. The van der Waals surface area contributed by atoms with Crippen LogP contribution in [-0.2, 0) is 11.3 Å². The summed E-state index contributed by atoms with van der Waals surface area (Å²) < 4.78 is 5.32. The molecule has 0 saturated carbocycles. The van der Waals surface area contributed by atoms with Gasteiger partial charge in [-0.1, -0.05) is 36.4 Å². The summed E-state index contributed by atoms with van der Waals surface area (Å²) in [4.78, 5) is 13.7. The quantitative estimate of drug-likeness (QED) is 0.848. The predicted molar refractivity (Wildman–Crippen MR) is 81.7 cm³/mol. The van der Waals surface area contributed by atoms with E-state index >= 15 is 0 Å². The second-order valence-corrected chi connectivity index (χ2v) is 5.46. The number of ether oxygens (including phenoxy) is 1. The molecule has 1 unspecified atom stereocenters. The molecule has 4 heteroatoms. The summed E-state index contributed by atoms with van der Waals surface area (Å²) in [5, 5.41) is 9.94. The Bertz CT molecular complexity index is 452. The summed E-state index contributed by atoms with van der Waals surface area (Å²) in [7, 11) is 0. The topological polar surface area (TPSA) is 49.8 Å². The molecule has 21 heavy (non-hydrogen) atoms. The van der Waals surface area contributed by atoms with E-state index in [1.165, 1.54) is 0 Å². The maximum atomic E-state index is 12.0. The van der Waals surface area contributed by atoms with Crippen molar-refractivity contribution in [3.05, 3.63) is 48.6 Å². The van der Waals surface area contributed by atoms with Gasteiger partial charge in [-0.25, -0.2) is 4.79 Å². The number of carbonyl (C=O) groups is 1. The van der Waals surface area contributed by atoms with E-state index in [1.807, 2.05) is 30.3 Å². The largest absolute Gasteiger partial charge is 0.445 e. The van der Waals surface area contributed by atoms with Gasteiger partial charge in [0, 0.05) is 13.1 Å². The van der Waals surface area contributed by atoms with E-state index in [1.54, 1.807) is 11.0 Å². The molecule has 0 bridgehead atoms. The second kappa shape index (κ2) is 7.84. The van der Waals surface area contributed by atoms with Crippen molar-refractivity contribution in [1.82, 2.24) is 4.90 Å². The van der Waals surface area contributed by atoms with Gasteiger partial charge in [0.05, 0.1) is 6.10 Å². The molecule has 0 aliphatic carbocycles. The number of benzene rings is 1. The summed E-state index contributed by atoms with van der Waals surface area (Å²) in [6.45, 7) is 5.24. The van der Waals surface area contributed by atoms with Crippen molar-refractivity contribution >= 4 is 6.09 Å². The minimum Gasteiger partial charge on any atom is -0.445 e. The SMILES string of the molecule is C=CCC(O)C1CCN(C(=O)OCc2ccccc2)CC1. The number of nitrogens with zero attached hydrogens (tertiary/aromatic N) is 1. The van der Waals surface area contributed by atoms with Crippen LogP contribution in [0.1, 0.15) is 24.8 Å². The van der Waals surface area contributed by atoms with Crippen LogP contribution in [0.15, 0.2) is 43.0 Å². The molecule has 0 spiro atoms. The zero-order chi connectivity index (χ0) is 15.1. The molecule has 4 nitrogen and oxygen atoms in total. The van der Waals surface area contributed by atoms with Crippen LogP contribution >= 0.6 is 0 Å². The fourth-order valence-electron chi connectivity index (χ4n) is 2.64. The highest BCUT2D eigenvalue weighted by molar-refractivity contribution is 5.67. The summed E-state index contributed by atoms with van der Waals surface area (Å²) in [5.74, 6) is 0.251. The molecule has 1 N–H and O–H groups in total. The molecule has 1 aliphatic heterocycles. The third-order valence-corrected chi connectivity index (χ3v) is 3.96. The summed E-state index contributed by atoms with van der Waals surface area (Å²) in [5.41, 5.74) is 0.988. The number of likely N-dealkylation sites (tertiary alicyclic amines) is 1. The predicted octanol–water partition coefficient (Wildman–Crippen LogP) is 2.97. The molecule has 1 fully saturated rings. The molecular weight excluding hydrogens is 266 g/mol. The smallest absolute Gasteiger partial charge is 0.410 e. The molecule has 0 radical (unpaired) electrons. The second-order valence-electron chi connectivity index (χ2n) is 5.46. The van der Waals surface area contributed by atoms with Crippen LogP contribution in [-0.4, -0.2) is 35.3 Å². The summed E-state index contributed by atoms with van der Waals surface area (Å²) >= 11 is 0. The number of carbonyl (C=O) groups excluding carboxylic acids is 1. The van der Waals surface area contributed by atoms with Crippen LogP contribution in [0.4, 0.5) is 4.79 Å². The van der Waals surface area contributed by atoms with Crippen molar-refractivity contribution in [3.63, 3.8) is 0 Å². The Kier molecular flexibility index (Phi) is 5.81. The highest BCUT2D eigenvalue weighted by Gasteiger charge is 2.27. The zero-order valence-corrected chi connectivity index (χ0v) is 12.3. The van der Waals surface area contributed by atoms with Crippen LogP contribution < -0.4 is 0 Å². The van der Waals surface area contributed by atoms with Gasteiger partial charge >= 0.3 is 6.09 Å². The maximum Gasteiger partial charge on any atom is 0.410 e. The lowest BCUT2D eigenvalue weighted by atomic mass is 9.90. The van der Waals surface area contributed by atoms with Crippen molar-refractivity contribution < 1.29 is 14.6 Å². The van der Waals surface area contributed by atoms with Crippen LogP contribution in [0.3, 0.4) is 0 Å². The Morgan fingerprint density at radius 1 is 1.38 bits per heavy atom. The van der Waals surface area contributed by atoms with Crippen LogP contribution in [0.5, 0.6) is 0 Å². The van der Waals surface area contributed by atoms with Crippen LogP contribution in [0, 0.1) is 5.92 Å². The number of aliphatic hydroxyl groups excluding tert-OH is 1. The van der Waals surface area contributed by atoms with Gasteiger partial charge in [0.1, 0.15) is 6.61 Å². The van der Waals surface area contributed by atoms with Gasteiger partial charge in [-0.05, 0) is 30.7 Å². The first-order valence-electron chi connectivity index (χ1n) is 7.45. The third-order valence-electron chi connectivity index (χ3n) is 3.96. The Hall–Kier alpha value is -1.81. The Morgan fingerprint density at radius 3 is 2.67 bits per heavy atom. The van der Waals surface area contributed by atoms with Crippen molar-refractivity contribution in [1.29, 1.82) is 0 Å². The van der Waals surface area contributed by atoms with Gasteiger partial charge in [-0.3, -0.25) is 0 Å². The van der Waals surface area contributed by atoms with E-state index in [0.717, 1.165) is 18.4 Å². The number of amides is 1. The molecule has 1 saturated heterocycles. The normalized spacial score (nSPS) is 17.3. The number of piperidine rings is 1. The first-order chi connectivity index (χ1) is 10.2. The number of rotatable bonds is 5. The highest BCUT2D eigenvalue weighted by atomic mass is 16.6. The lowest BCUT2D eigenvalue weighted by Gasteiger charge is -2.33. The Balaban J connectivity index is 1.74. The molecule has 1 aliphatic rings. The minimum atomic E-state index is -0.343. The average molecular weight is 289 g/mol. The van der Waals surface area contributed by atoms with Gasteiger partial charge < -0.3 is 14.7 Å². The first kappa shape index (κ1) is 15.6. The minimum absolute atomic E-state index is 0.251. The average Bonchev–Trinajstić information content (AvgIpc) is 2.54. The van der Waals surface area contributed by atoms with Crippen molar-refractivity contribution in [2.45, 2.75) is 32.0 Å². The van der Waals surface area contributed by atoms with E-state index in [9.17, 15) is 9.90 Å². The van der Waals surface area contributed by atoms with Gasteiger partial charge in [0.25, 0.3) is 0 Å². The maximum absolute atomic E-state index is 12.0. The van der Waals surface area contributed by atoms with E-state index < -0.39 is 0 Å². The van der Waals surface area contributed by atoms with Crippen molar-refractivity contribution in [2.75, 3.05) is 13.1 Å². The molecule has 1 heterocycles. The number of hydrogen-bond acceptors (Lipinski definition) is 3. The fraction of sp³-hybridized carbons (Fsp3) is 0.471. The van der Waals surface area contributed by atoms with Gasteiger partial charge in [-0.15, -0.1) is 6.58 Å². The Labute approximate surface area is 126 Å². The standard InChI is InChI=1S/C17H23NO3/c1-2-6-16(19)15-9-11-18(12-10-15)17(20)21-13-14-7-4-3-5-8-14/h2-5,7-8,15-16,19H,1,6,9-13H2. The molecule has 1 atom stereocenters. The van der Waals surface area contributed by atoms with Gasteiger partial charge in [0.2, 0.25) is 0 Å². The summed E-state index contributed by atoms with van der Waals surface area (Å²) in [6, 6.07) is 9.66. The van der Waals surface area contributed by atoms with Crippen LogP contribution in [0.25, 0.3) is 0 Å². The monoisotopic (exact) mass is 289 g/mol. The molecular formula is C17H23NO3. The molecule has 1 aromatic carbocycles. The number of aliphatic hydroxyl groups is 1. The van der Waals surface area contributed by atoms with Gasteiger partial charge in [-0.2, -0.15) is 0 Å². The van der Waals surface area contributed by atoms with E-state index in [0.29, 0.717) is 26.1 Å². The van der Waals surface area contributed by atoms with Crippen LogP contribution in [0.2, 0.25) is 0 Å². The van der Waals surface area contributed by atoms with E-state index in [2.05, 4.69) is 6.58 Å². The highest BCUT2D eigenvalue weighted by Crippen LogP contribution is 2.23. The number of hydrogen-bond donors (Lipinski definition) is 1. The van der Waals surface area contributed by atoms with E-state index in [4.69, 9.17) is 4.74 Å². The van der Waals surface area contributed by atoms with E-state index in [-0.39, 0.29) is 18.1 Å². The molecule has 2 rings (SSSR count). The Morgan fingerprint density at radius 2 is 2.05 bits per heavy atom. The molecule has 114 valence electrons. The lowest BCUT2D eigenvalue weighted by Crippen LogP contribution is -2.41. The first-order valence-corrected chi connectivity index (χ1v) is 7.45. The molecule has 1 aromatic rings. The zero-order valence-electron chi connectivity index (χ0n) is 12.3. The van der Waals surface area contributed by atoms with Crippen molar-refractivity contribution in [2.24, 2.45) is 5.92 Å².